The Balaban J connectivity index is 1.64. The van der Waals surface area contributed by atoms with E-state index in [-0.39, 0.29) is 5.91 Å². The van der Waals surface area contributed by atoms with Gasteiger partial charge in [-0.2, -0.15) is 0 Å². The molecule has 5 nitrogen and oxygen atoms in total. The van der Waals surface area contributed by atoms with Crippen molar-refractivity contribution in [2.45, 2.75) is 12.8 Å². The van der Waals surface area contributed by atoms with E-state index < -0.39 is 5.82 Å². The van der Waals surface area contributed by atoms with E-state index in [2.05, 4.69) is 15.2 Å². The lowest BCUT2D eigenvalue weighted by molar-refractivity contribution is 0.0632. The Labute approximate surface area is 124 Å². The monoisotopic (exact) mass is 292 g/mol. The summed E-state index contributed by atoms with van der Waals surface area (Å²) < 4.78 is 13.4. The first-order valence-corrected chi connectivity index (χ1v) is 7.52. The second kappa shape index (κ2) is 5.97. The predicted molar refractivity (Wildman–Crippen MR) is 78.8 cm³/mol. The summed E-state index contributed by atoms with van der Waals surface area (Å²) in [6, 6.07) is 1.26. The molecule has 2 fully saturated rings. The van der Waals surface area contributed by atoms with Crippen LogP contribution < -0.4 is 5.32 Å². The number of carbonyl (C=O) groups is 1. The Kier molecular flexibility index (Phi) is 4.05. The number of hydrogen-bond acceptors (Lipinski definition) is 4. The summed E-state index contributed by atoms with van der Waals surface area (Å²) in [5.41, 5.74) is 0.313. The SMILES string of the molecule is CNc1ncc(F)cc1C(=O)N1CCN(CC2CC2)CC1. The van der Waals surface area contributed by atoms with Crippen LogP contribution in [0.3, 0.4) is 0 Å². The van der Waals surface area contributed by atoms with E-state index in [1.165, 1.54) is 18.9 Å². The average molecular weight is 292 g/mol. The zero-order valence-corrected chi connectivity index (χ0v) is 12.3. The topological polar surface area (TPSA) is 48.5 Å². The number of carbonyl (C=O) groups excluding carboxylic acids is 1. The minimum atomic E-state index is -0.482. The fourth-order valence-electron chi connectivity index (χ4n) is 2.77. The lowest BCUT2D eigenvalue weighted by atomic mass is 10.2. The number of rotatable bonds is 4. The van der Waals surface area contributed by atoms with E-state index in [1.807, 2.05) is 0 Å². The average Bonchev–Trinajstić information content (AvgIpc) is 3.31. The van der Waals surface area contributed by atoms with Gasteiger partial charge in [-0.1, -0.05) is 0 Å². The van der Waals surface area contributed by atoms with E-state index in [0.29, 0.717) is 24.5 Å². The highest BCUT2D eigenvalue weighted by Crippen LogP contribution is 2.30. The number of anilines is 1. The molecular weight excluding hydrogens is 271 g/mol. The maximum Gasteiger partial charge on any atom is 0.257 e. The Morgan fingerprint density at radius 2 is 2.10 bits per heavy atom. The Morgan fingerprint density at radius 3 is 2.71 bits per heavy atom. The molecule has 1 aromatic rings. The first-order valence-electron chi connectivity index (χ1n) is 7.52. The van der Waals surface area contributed by atoms with Gasteiger partial charge in [0.25, 0.3) is 5.91 Å². The van der Waals surface area contributed by atoms with Crippen molar-refractivity contribution in [2.75, 3.05) is 45.1 Å². The van der Waals surface area contributed by atoms with Gasteiger partial charge in [0, 0.05) is 39.8 Å². The number of amides is 1. The molecule has 1 amide bonds. The number of pyridine rings is 1. The molecule has 6 heteroatoms. The van der Waals surface area contributed by atoms with Gasteiger partial charge in [0.1, 0.15) is 11.6 Å². The van der Waals surface area contributed by atoms with Crippen molar-refractivity contribution in [1.82, 2.24) is 14.8 Å². The van der Waals surface area contributed by atoms with Crippen LogP contribution in [0.25, 0.3) is 0 Å². The van der Waals surface area contributed by atoms with Crippen molar-refractivity contribution >= 4 is 11.7 Å². The van der Waals surface area contributed by atoms with Gasteiger partial charge < -0.3 is 10.2 Å². The highest BCUT2D eigenvalue weighted by molar-refractivity contribution is 5.98. The molecule has 0 radical (unpaired) electrons. The zero-order chi connectivity index (χ0) is 14.8. The molecule has 1 saturated carbocycles. The Bertz CT molecular complexity index is 524. The molecule has 0 bridgehead atoms. The maximum absolute atomic E-state index is 13.4. The van der Waals surface area contributed by atoms with E-state index in [1.54, 1.807) is 11.9 Å². The van der Waals surface area contributed by atoms with Crippen LogP contribution in [0.5, 0.6) is 0 Å². The minimum absolute atomic E-state index is 0.141. The van der Waals surface area contributed by atoms with Crippen LogP contribution in [0.4, 0.5) is 10.2 Å². The van der Waals surface area contributed by atoms with E-state index in [0.717, 1.165) is 31.7 Å². The lowest BCUT2D eigenvalue weighted by Crippen LogP contribution is -2.49. The van der Waals surface area contributed by atoms with Gasteiger partial charge in [0.2, 0.25) is 0 Å². The number of halogens is 1. The molecule has 1 saturated heterocycles. The van der Waals surface area contributed by atoms with Gasteiger partial charge in [-0.3, -0.25) is 9.69 Å². The Hall–Kier alpha value is -1.69. The molecular formula is C15H21FN4O. The first-order chi connectivity index (χ1) is 10.2. The number of nitrogens with zero attached hydrogens (tertiary/aromatic N) is 3. The Morgan fingerprint density at radius 1 is 1.38 bits per heavy atom. The van der Waals surface area contributed by atoms with Crippen LogP contribution >= 0.6 is 0 Å². The van der Waals surface area contributed by atoms with Crippen LogP contribution in [0.1, 0.15) is 23.2 Å². The molecule has 3 rings (SSSR count). The highest BCUT2D eigenvalue weighted by atomic mass is 19.1. The third-order valence-electron chi connectivity index (χ3n) is 4.19. The molecule has 21 heavy (non-hydrogen) atoms. The number of aromatic nitrogens is 1. The van der Waals surface area contributed by atoms with Crippen molar-refractivity contribution < 1.29 is 9.18 Å². The molecule has 2 heterocycles. The number of nitrogens with one attached hydrogen (secondary N) is 1. The summed E-state index contributed by atoms with van der Waals surface area (Å²) in [6.45, 7) is 4.36. The van der Waals surface area contributed by atoms with Gasteiger partial charge >= 0.3 is 0 Å². The summed E-state index contributed by atoms with van der Waals surface area (Å²) in [5, 5.41) is 2.85. The summed E-state index contributed by atoms with van der Waals surface area (Å²) in [7, 11) is 1.69. The van der Waals surface area contributed by atoms with Crippen molar-refractivity contribution in [3.05, 3.63) is 23.6 Å². The molecule has 1 aromatic heterocycles. The smallest absolute Gasteiger partial charge is 0.257 e. The quantitative estimate of drug-likeness (QED) is 0.912. The van der Waals surface area contributed by atoms with Crippen LogP contribution in [-0.4, -0.2) is 60.5 Å². The fraction of sp³-hybridized carbons (Fsp3) is 0.600. The van der Waals surface area contributed by atoms with Crippen molar-refractivity contribution in [1.29, 1.82) is 0 Å². The molecule has 0 spiro atoms. The minimum Gasteiger partial charge on any atom is -0.372 e. The van der Waals surface area contributed by atoms with Crippen LogP contribution in [0.15, 0.2) is 12.3 Å². The number of hydrogen-bond donors (Lipinski definition) is 1. The third kappa shape index (κ3) is 3.32. The fourth-order valence-corrected chi connectivity index (χ4v) is 2.77. The van der Waals surface area contributed by atoms with Crippen molar-refractivity contribution in [3.63, 3.8) is 0 Å². The van der Waals surface area contributed by atoms with Crippen molar-refractivity contribution in [2.24, 2.45) is 5.92 Å². The molecule has 114 valence electrons. The van der Waals surface area contributed by atoms with Crippen LogP contribution in [0.2, 0.25) is 0 Å². The summed E-state index contributed by atoms with van der Waals surface area (Å²) >= 11 is 0. The first kappa shape index (κ1) is 14.3. The van der Waals surface area contributed by atoms with Gasteiger partial charge in [0.15, 0.2) is 0 Å². The summed E-state index contributed by atoms with van der Waals surface area (Å²) in [6.07, 6.45) is 3.81. The molecule has 0 unspecified atom stereocenters. The van der Waals surface area contributed by atoms with E-state index in [4.69, 9.17) is 0 Å². The van der Waals surface area contributed by atoms with Gasteiger partial charge in [-0.15, -0.1) is 0 Å². The third-order valence-corrected chi connectivity index (χ3v) is 4.19. The standard InChI is InChI=1S/C15H21FN4O/c1-17-14-13(8-12(16)9-18-14)15(21)20-6-4-19(5-7-20)10-11-2-3-11/h8-9,11H,2-7,10H2,1H3,(H,17,18). The van der Waals surface area contributed by atoms with Gasteiger partial charge in [0.05, 0.1) is 11.8 Å². The van der Waals surface area contributed by atoms with E-state index in [9.17, 15) is 9.18 Å². The molecule has 1 aliphatic heterocycles. The second-order valence-electron chi connectivity index (χ2n) is 5.84. The molecule has 0 atom stereocenters. The highest BCUT2D eigenvalue weighted by Gasteiger charge is 2.28. The lowest BCUT2D eigenvalue weighted by Gasteiger charge is -2.35. The molecule has 1 aliphatic carbocycles. The van der Waals surface area contributed by atoms with Crippen molar-refractivity contribution in [3.8, 4) is 0 Å². The number of piperazine rings is 1. The largest absolute Gasteiger partial charge is 0.372 e. The van der Waals surface area contributed by atoms with Gasteiger partial charge in [-0.05, 0) is 24.8 Å². The zero-order valence-electron chi connectivity index (χ0n) is 12.3. The second-order valence-corrected chi connectivity index (χ2v) is 5.84. The van der Waals surface area contributed by atoms with Crippen LogP contribution in [-0.2, 0) is 0 Å². The predicted octanol–water partition coefficient (Wildman–Crippen LogP) is 1.43. The summed E-state index contributed by atoms with van der Waals surface area (Å²) in [4.78, 5) is 20.7. The van der Waals surface area contributed by atoms with E-state index >= 15 is 0 Å². The summed E-state index contributed by atoms with van der Waals surface area (Å²) in [5.74, 6) is 0.680. The molecule has 1 N–H and O–H groups in total. The molecule has 0 aromatic carbocycles. The maximum atomic E-state index is 13.4. The van der Waals surface area contributed by atoms with Crippen LogP contribution in [0, 0.1) is 11.7 Å². The van der Waals surface area contributed by atoms with Gasteiger partial charge in [-0.25, -0.2) is 9.37 Å². The normalized spacial score (nSPS) is 19.6. The molecule has 2 aliphatic rings.